The lowest BCUT2D eigenvalue weighted by Gasteiger charge is -2.35. The summed E-state index contributed by atoms with van der Waals surface area (Å²) in [6.45, 7) is 9.93. The van der Waals surface area contributed by atoms with E-state index in [2.05, 4.69) is 88.4 Å². The van der Waals surface area contributed by atoms with E-state index < -0.39 is 0 Å². The minimum Gasteiger partial charge on any atom is -0.322 e. The highest BCUT2D eigenvalue weighted by Gasteiger charge is 2.24. The molecule has 6 nitrogen and oxygen atoms in total. The van der Waals surface area contributed by atoms with Crippen molar-refractivity contribution in [2.24, 2.45) is 0 Å². The summed E-state index contributed by atoms with van der Waals surface area (Å²) in [6, 6.07) is 29.4. The standard InChI is InChI=1S/C34H35N5O/c1-24-9-7-14-28(21-24)29-15-16-31-35-33(27-12-5-4-6-13-27)30(39(31)22-29)23-37-17-19-38(20-18-37)34(40)36-32-25(2)10-8-11-26(32)3/h4-16,21-22H,17-20,23H2,1-3H3,(H,36,40). The van der Waals surface area contributed by atoms with Gasteiger partial charge in [-0.3, -0.25) is 4.90 Å². The molecular formula is C34H35N5O. The predicted molar refractivity (Wildman–Crippen MR) is 163 cm³/mol. The molecule has 0 spiro atoms. The largest absolute Gasteiger partial charge is 0.322 e. The molecule has 0 radical (unpaired) electrons. The Kier molecular flexibility index (Phi) is 7.10. The van der Waals surface area contributed by atoms with E-state index >= 15 is 0 Å². The minimum atomic E-state index is -0.0281. The Balaban J connectivity index is 1.25. The summed E-state index contributed by atoms with van der Waals surface area (Å²) in [7, 11) is 0. The summed E-state index contributed by atoms with van der Waals surface area (Å²) < 4.78 is 2.25. The summed E-state index contributed by atoms with van der Waals surface area (Å²) in [5.74, 6) is 0. The van der Waals surface area contributed by atoms with E-state index in [1.54, 1.807) is 0 Å². The van der Waals surface area contributed by atoms with Gasteiger partial charge in [-0.1, -0.05) is 78.4 Å². The fraction of sp³-hybridized carbons (Fsp3) is 0.235. The first-order valence-corrected chi connectivity index (χ1v) is 13.9. The van der Waals surface area contributed by atoms with Crippen LogP contribution in [0.1, 0.15) is 22.4 Å². The number of hydrogen-bond acceptors (Lipinski definition) is 3. The van der Waals surface area contributed by atoms with E-state index in [0.29, 0.717) is 13.1 Å². The normalized spacial score (nSPS) is 14.0. The number of anilines is 1. The molecule has 1 saturated heterocycles. The van der Waals surface area contributed by atoms with E-state index in [1.165, 1.54) is 22.4 Å². The zero-order valence-electron chi connectivity index (χ0n) is 23.4. The molecule has 3 heterocycles. The number of nitrogens with one attached hydrogen (secondary N) is 1. The number of para-hydroxylation sites is 1. The number of rotatable bonds is 5. The van der Waals surface area contributed by atoms with Gasteiger partial charge >= 0.3 is 6.03 Å². The zero-order valence-corrected chi connectivity index (χ0v) is 23.4. The van der Waals surface area contributed by atoms with Gasteiger partial charge in [-0.2, -0.15) is 0 Å². The van der Waals surface area contributed by atoms with Crippen LogP contribution in [0.3, 0.4) is 0 Å². The first-order valence-electron chi connectivity index (χ1n) is 13.9. The molecule has 0 unspecified atom stereocenters. The molecule has 3 aromatic carbocycles. The summed E-state index contributed by atoms with van der Waals surface area (Å²) in [6.07, 6.45) is 2.22. The van der Waals surface area contributed by atoms with Crippen molar-refractivity contribution in [3.63, 3.8) is 0 Å². The van der Waals surface area contributed by atoms with Gasteiger partial charge in [-0.15, -0.1) is 0 Å². The lowest BCUT2D eigenvalue weighted by molar-refractivity contribution is 0.142. The number of aromatic nitrogens is 2. The van der Waals surface area contributed by atoms with Crippen molar-refractivity contribution in [1.82, 2.24) is 19.2 Å². The number of carbonyl (C=O) groups is 1. The molecule has 2 aromatic heterocycles. The third-order valence-electron chi connectivity index (χ3n) is 7.86. The van der Waals surface area contributed by atoms with E-state index in [-0.39, 0.29) is 6.03 Å². The number of aryl methyl sites for hydroxylation is 3. The van der Waals surface area contributed by atoms with Crippen LogP contribution in [0, 0.1) is 20.8 Å². The second-order valence-corrected chi connectivity index (χ2v) is 10.7. The highest BCUT2D eigenvalue weighted by atomic mass is 16.2. The van der Waals surface area contributed by atoms with Gasteiger partial charge in [0.2, 0.25) is 0 Å². The van der Waals surface area contributed by atoms with Gasteiger partial charge in [0.1, 0.15) is 5.65 Å². The summed E-state index contributed by atoms with van der Waals surface area (Å²) in [5.41, 5.74) is 10.9. The lowest BCUT2D eigenvalue weighted by Crippen LogP contribution is -2.49. The molecule has 1 aliphatic heterocycles. The number of pyridine rings is 1. The van der Waals surface area contributed by atoms with Gasteiger partial charge < -0.3 is 14.6 Å². The molecule has 1 fully saturated rings. The highest BCUT2D eigenvalue weighted by molar-refractivity contribution is 5.91. The van der Waals surface area contributed by atoms with Gasteiger partial charge in [0.15, 0.2) is 0 Å². The van der Waals surface area contributed by atoms with Crippen LogP contribution >= 0.6 is 0 Å². The van der Waals surface area contributed by atoms with Crippen LogP contribution in [0.4, 0.5) is 10.5 Å². The van der Waals surface area contributed by atoms with Crippen LogP contribution in [-0.4, -0.2) is 51.4 Å². The Hall–Kier alpha value is -4.42. The molecule has 0 aliphatic carbocycles. The number of benzene rings is 3. The molecule has 6 heteroatoms. The number of fused-ring (bicyclic) bond motifs is 1. The SMILES string of the molecule is Cc1cccc(-c2ccc3nc(-c4ccccc4)c(CN4CCN(C(=O)Nc5c(C)cccc5C)CC4)n3c2)c1. The number of piperazine rings is 1. The van der Waals surface area contributed by atoms with Crippen LogP contribution in [0.15, 0.2) is 91.1 Å². The topological polar surface area (TPSA) is 52.9 Å². The van der Waals surface area contributed by atoms with Gasteiger partial charge in [0.05, 0.1) is 11.4 Å². The molecule has 6 rings (SSSR count). The van der Waals surface area contributed by atoms with Crippen molar-refractivity contribution in [2.75, 3.05) is 31.5 Å². The molecule has 1 N–H and O–H groups in total. The van der Waals surface area contributed by atoms with Crippen LogP contribution in [0.25, 0.3) is 28.0 Å². The Morgan fingerprint density at radius 1 is 0.775 bits per heavy atom. The molecule has 202 valence electrons. The number of urea groups is 1. The average Bonchev–Trinajstić information content (AvgIpc) is 3.33. The summed E-state index contributed by atoms with van der Waals surface area (Å²) in [5, 5.41) is 3.14. The monoisotopic (exact) mass is 529 g/mol. The van der Waals surface area contributed by atoms with Crippen molar-refractivity contribution in [2.45, 2.75) is 27.3 Å². The predicted octanol–water partition coefficient (Wildman–Crippen LogP) is 6.94. The van der Waals surface area contributed by atoms with Gasteiger partial charge in [-0.05, 0) is 55.2 Å². The Morgan fingerprint density at radius 2 is 1.48 bits per heavy atom. The van der Waals surface area contributed by atoms with Crippen LogP contribution in [0.2, 0.25) is 0 Å². The fourth-order valence-corrected chi connectivity index (χ4v) is 5.59. The maximum atomic E-state index is 13.1. The smallest absolute Gasteiger partial charge is 0.321 e. The minimum absolute atomic E-state index is 0.0281. The molecule has 0 bridgehead atoms. The molecule has 2 amide bonds. The third-order valence-corrected chi connectivity index (χ3v) is 7.86. The van der Waals surface area contributed by atoms with E-state index in [4.69, 9.17) is 4.98 Å². The highest BCUT2D eigenvalue weighted by Crippen LogP contribution is 2.29. The van der Waals surface area contributed by atoms with Gasteiger partial charge in [0.25, 0.3) is 0 Å². The average molecular weight is 530 g/mol. The third kappa shape index (κ3) is 5.23. The number of amides is 2. The number of imidazole rings is 1. The van der Waals surface area contributed by atoms with Crippen LogP contribution in [-0.2, 0) is 6.54 Å². The molecule has 5 aromatic rings. The van der Waals surface area contributed by atoms with Crippen LogP contribution < -0.4 is 5.32 Å². The Bertz CT molecular complexity index is 1640. The molecule has 1 aliphatic rings. The van der Waals surface area contributed by atoms with Crippen LogP contribution in [0.5, 0.6) is 0 Å². The maximum Gasteiger partial charge on any atom is 0.321 e. The number of carbonyl (C=O) groups excluding carboxylic acids is 1. The zero-order chi connectivity index (χ0) is 27.6. The molecular weight excluding hydrogens is 494 g/mol. The maximum absolute atomic E-state index is 13.1. The number of hydrogen-bond donors (Lipinski definition) is 1. The molecule has 0 atom stereocenters. The van der Waals surface area contributed by atoms with Crippen molar-refractivity contribution in [3.05, 3.63) is 114 Å². The Morgan fingerprint density at radius 3 is 2.20 bits per heavy atom. The molecule has 0 saturated carbocycles. The second-order valence-electron chi connectivity index (χ2n) is 10.7. The van der Waals surface area contributed by atoms with Crippen molar-refractivity contribution in [3.8, 4) is 22.4 Å². The summed E-state index contributed by atoms with van der Waals surface area (Å²) >= 11 is 0. The van der Waals surface area contributed by atoms with Gasteiger partial charge in [-0.25, -0.2) is 9.78 Å². The van der Waals surface area contributed by atoms with E-state index in [0.717, 1.165) is 53.4 Å². The fourth-order valence-electron chi connectivity index (χ4n) is 5.59. The Labute approximate surface area is 235 Å². The van der Waals surface area contributed by atoms with E-state index in [9.17, 15) is 4.79 Å². The van der Waals surface area contributed by atoms with Crippen molar-refractivity contribution >= 4 is 17.4 Å². The van der Waals surface area contributed by atoms with Crippen molar-refractivity contribution < 1.29 is 4.79 Å². The summed E-state index contributed by atoms with van der Waals surface area (Å²) in [4.78, 5) is 22.5. The molecule has 40 heavy (non-hydrogen) atoms. The first kappa shape index (κ1) is 25.8. The quantitative estimate of drug-likeness (QED) is 0.268. The lowest BCUT2D eigenvalue weighted by atomic mass is 10.1. The van der Waals surface area contributed by atoms with Gasteiger partial charge in [0, 0.05) is 50.2 Å². The second kappa shape index (κ2) is 11.0. The van der Waals surface area contributed by atoms with Crippen molar-refractivity contribution in [1.29, 1.82) is 0 Å². The van der Waals surface area contributed by atoms with E-state index in [1.807, 2.05) is 43.0 Å². The number of nitrogens with zero attached hydrogens (tertiary/aromatic N) is 4. The first-order chi connectivity index (χ1) is 19.5.